The van der Waals surface area contributed by atoms with Gasteiger partial charge in [0.1, 0.15) is 0 Å². The molecule has 2 heterocycles. The first-order chi connectivity index (χ1) is 14.7. The molecule has 1 aliphatic carbocycles. The summed E-state index contributed by atoms with van der Waals surface area (Å²) >= 11 is 3.32. The van der Waals surface area contributed by atoms with Gasteiger partial charge >= 0.3 is 0 Å². The molecule has 0 spiro atoms. The van der Waals surface area contributed by atoms with E-state index in [-0.39, 0.29) is 12.0 Å². The molecule has 6 heteroatoms. The summed E-state index contributed by atoms with van der Waals surface area (Å²) in [5.74, 6) is 0.0306. The summed E-state index contributed by atoms with van der Waals surface area (Å²) in [4.78, 5) is 21.5. The number of fused-ring (bicyclic) bond motifs is 2. The molecule has 3 aromatic rings. The van der Waals surface area contributed by atoms with Crippen molar-refractivity contribution in [1.29, 1.82) is 0 Å². The lowest BCUT2D eigenvalue weighted by Gasteiger charge is -2.24. The van der Waals surface area contributed by atoms with Crippen molar-refractivity contribution in [3.05, 3.63) is 53.1 Å². The van der Waals surface area contributed by atoms with Gasteiger partial charge in [0.05, 0.1) is 22.9 Å². The third-order valence-corrected chi connectivity index (χ3v) is 7.83. The predicted octanol–water partition coefficient (Wildman–Crippen LogP) is 5.72. The molecule has 30 heavy (non-hydrogen) atoms. The van der Waals surface area contributed by atoms with Crippen molar-refractivity contribution in [1.82, 2.24) is 4.98 Å². The first kappa shape index (κ1) is 20.0. The highest BCUT2D eigenvalue weighted by molar-refractivity contribution is 7.98. The molecule has 0 bridgehead atoms. The fourth-order valence-corrected chi connectivity index (χ4v) is 5.92. The zero-order valence-corrected chi connectivity index (χ0v) is 18.9. The van der Waals surface area contributed by atoms with Crippen LogP contribution in [0.15, 0.2) is 41.3 Å². The molecule has 2 aromatic carbocycles. The van der Waals surface area contributed by atoms with Gasteiger partial charge in [-0.15, -0.1) is 11.8 Å². The number of thiazole rings is 1. The second-order valence-corrected chi connectivity index (χ2v) is 9.96. The molecule has 1 aromatic heterocycles. The quantitative estimate of drug-likeness (QED) is 0.478. The van der Waals surface area contributed by atoms with Crippen LogP contribution in [-0.2, 0) is 17.6 Å². The number of thioether (sulfide) groups is 1. The van der Waals surface area contributed by atoms with Gasteiger partial charge in [0, 0.05) is 17.1 Å². The van der Waals surface area contributed by atoms with E-state index in [1.807, 2.05) is 11.0 Å². The van der Waals surface area contributed by atoms with Gasteiger partial charge in [0.25, 0.3) is 5.91 Å². The summed E-state index contributed by atoms with van der Waals surface area (Å²) in [6.07, 6.45) is 8.86. The number of aromatic nitrogens is 1. The van der Waals surface area contributed by atoms with Crippen LogP contribution >= 0.6 is 23.1 Å². The SMILES string of the molecule is CSc1ccc2nc(N(CC3CCCO3)C(=O)c3ccc4c(c3)CCCC4)sc2c1. The fraction of sp³-hybridized carbons (Fsp3) is 0.417. The average molecular weight is 439 g/mol. The van der Waals surface area contributed by atoms with E-state index in [9.17, 15) is 4.79 Å². The Labute approximate surface area is 185 Å². The highest BCUT2D eigenvalue weighted by atomic mass is 32.2. The normalized spacial score (nSPS) is 18.5. The fourth-order valence-electron chi connectivity index (χ4n) is 4.40. The van der Waals surface area contributed by atoms with Crippen LogP contribution in [0.3, 0.4) is 0 Å². The number of amides is 1. The summed E-state index contributed by atoms with van der Waals surface area (Å²) in [5, 5.41) is 0.765. The summed E-state index contributed by atoms with van der Waals surface area (Å²) in [7, 11) is 0. The maximum absolute atomic E-state index is 13.7. The lowest BCUT2D eigenvalue weighted by molar-refractivity contribution is 0.0917. The number of nitrogens with zero attached hydrogens (tertiary/aromatic N) is 2. The van der Waals surface area contributed by atoms with Crippen LogP contribution in [0.4, 0.5) is 5.13 Å². The Morgan fingerprint density at radius 3 is 2.83 bits per heavy atom. The van der Waals surface area contributed by atoms with Crippen LogP contribution in [0.5, 0.6) is 0 Å². The number of hydrogen-bond donors (Lipinski definition) is 0. The minimum Gasteiger partial charge on any atom is -0.376 e. The zero-order valence-electron chi connectivity index (χ0n) is 17.2. The van der Waals surface area contributed by atoms with Crippen LogP contribution in [0.2, 0.25) is 0 Å². The van der Waals surface area contributed by atoms with E-state index in [0.29, 0.717) is 6.54 Å². The molecule has 1 unspecified atom stereocenters. The third kappa shape index (κ3) is 4.01. The molecule has 1 atom stereocenters. The lowest BCUT2D eigenvalue weighted by atomic mass is 9.90. The first-order valence-electron chi connectivity index (χ1n) is 10.7. The van der Waals surface area contributed by atoms with E-state index >= 15 is 0 Å². The molecule has 156 valence electrons. The molecule has 1 amide bonds. The van der Waals surface area contributed by atoms with E-state index in [1.165, 1.54) is 28.9 Å². The van der Waals surface area contributed by atoms with Crippen molar-refractivity contribution in [2.75, 3.05) is 24.3 Å². The average Bonchev–Trinajstić information content (AvgIpc) is 3.45. The molecule has 2 aliphatic rings. The Kier molecular flexibility index (Phi) is 5.81. The Balaban J connectivity index is 1.50. The maximum Gasteiger partial charge on any atom is 0.260 e. The van der Waals surface area contributed by atoms with Gasteiger partial charge in [-0.1, -0.05) is 17.4 Å². The standard InChI is InChI=1S/C24H26N2O2S2/c1-29-20-10-11-21-22(14-20)30-24(25-21)26(15-19-7-4-12-28-19)23(27)18-9-8-16-5-2-3-6-17(16)13-18/h8-11,13-14,19H,2-7,12,15H2,1H3. The zero-order chi connectivity index (χ0) is 20.5. The summed E-state index contributed by atoms with van der Waals surface area (Å²) < 4.78 is 6.99. The summed E-state index contributed by atoms with van der Waals surface area (Å²) in [5.41, 5.74) is 4.44. The first-order valence-corrected chi connectivity index (χ1v) is 12.8. The Morgan fingerprint density at radius 2 is 2.03 bits per heavy atom. The van der Waals surface area contributed by atoms with Crippen LogP contribution in [-0.4, -0.2) is 36.4 Å². The number of ether oxygens (including phenoxy) is 1. The Morgan fingerprint density at radius 1 is 1.17 bits per heavy atom. The van der Waals surface area contributed by atoms with Crippen LogP contribution in [0.1, 0.15) is 47.2 Å². The van der Waals surface area contributed by atoms with Crippen molar-refractivity contribution in [3.8, 4) is 0 Å². The lowest BCUT2D eigenvalue weighted by Crippen LogP contribution is -2.37. The van der Waals surface area contributed by atoms with Crippen molar-refractivity contribution in [2.45, 2.75) is 49.5 Å². The summed E-state index contributed by atoms with van der Waals surface area (Å²) in [6, 6.07) is 12.6. The molecule has 1 fully saturated rings. The van der Waals surface area contributed by atoms with Crippen molar-refractivity contribution >= 4 is 44.4 Å². The van der Waals surface area contributed by atoms with E-state index in [1.54, 1.807) is 23.1 Å². The molecular formula is C24H26N2O2S2. The summed E-state index contributed by atoms with van der Waals surface area (Å²) in [6.45, 7) is 1.34. The molecule has 1 saturated heterocycles. The number of carbonyl (C=O) groups excluding carboxylic acids is 1. The largest absolute Gasteiger partial charge is 0.376 e. The highest BCUT2D eigenvalue weighted by Gasteiger charge is 2.27. The Hall–Kier alpha value is -1.89. The molecule has 1 aliphatic heterocycles. The minimum absolute atomic E-state index is 0.0306. The van der Waals surface area contributed by atoms with Gasteiger partial charge in [-0.25, -0.2) is 4.98 Å². The number of benzene rings is 2. The molecule has 5 rings (SSSR count). The van der Waals surface area contributed by atoms with Gasteiger partial charge in [0.2, 0.25) is 0 Å². The minimum atomic E-state index is 0.0306. The monoisotopic (exact) mass is 438 g/mol. The highest BCUT2D eigenvalue weighted by Crippen LogP contribution is 2.33. The van der Waals surface area contributed by atoms with Gasteiger partial charge in [-0.05, 0) is 86.2 Å². The predicted molar refractivity (Wildman–Crippen MR) is 125 cm³/mol. The van der Waals surface area contributed by atoms with Crippen molar-refractivity contribution in [2.24, 2.45) is 0 Å². The van der Waals surface area contributed by atoms with Crippen molar-refractivity contribution in [3.63, 3.8) is 0 Å². The van der Waals surface area contributed by atoms with Crippen LogP contribution < -0.4 is 4.90 Å². The smallest absolute Gasteiger partial charge is 0.260 e. The maximum atomic E-state index is 13.7. The van der Waals surface area contributed by atoms with Crippen molar-refractivity contribution < 1.29 is 9.53 Å². The number of carbonyl (C=O) groups is 1. The van der Waals surface area contributed by atoms with Gasteiger partial charge < -0.3 is 4.74 Å². The number of anilines is 1. The van der Waals surface area contributed by atoms with E-state index < -0.39 is 0 Å². The van der Waals surface area contributed by atoms with Gasteiger partial charge in [-0.2, -0.15) is 0 Å². The molecule has 0 N–H and O–H groups in total. The number of hydrogen-bond acceptors (Lipinski definition) is 5. The van der Waals surface area contributed by atoms with E-state index in [0.717, 1.165) is 53.2 Å². The van der Waals surface area contributed by atoms with Crippen LogP contribution in [0, 0.1) is 0 Å². The number of rotatable bonds is 5. The van der Waals surface area contributed by atoms with Crippen LogP contribution in [0.25, 0.3) is 10.2 Å². The van der Waals surface area contributed by atoms with Gasteiger partial charge in [-0.3, -0.25) is 9.69 Å². The molecule has 0 radical (unpaired) electrons. The topological polar surface area (TPSA) is 42.4 Å². The molecular weight excluding hydrogens is 412 g/mol. The third-order valence-electron chi connectivity index (χ3n) is 6.07. The number of aryl methyl sites for hydroxylation is 2. The molecule has 4 nitrogen and oxygen atoms in total. The second kappa shape index (κ2) is 8.69. The molecule has 0 saturated carbocycles. The van der Waals surface area contributed by atoms with E-state index in [4.69, 9.17) is 9.72 Å². The van der Waals surface area contributed by atoms with E-state index in [2.05, 4.69) is 36.6 Å². The van der Waals surface area contributed by atoms with Gasteiger partial charge in [0.15, 0.2) is 5.13 Å². The Bertz CT molecular complexity index is 1070. The second-order valence-electron chi connectivity index (χ2n) is 8.07.